The van der Waals surface area contributed by atoms with Gasteiger partial charge in [-0.1, -0.05) is 11.3 Å². The minimum atomic E-state index is -0.502. The van der Waals surface area contributed by atoms with Gasteiger partial charge in [-0.05, 0) is 17.1 Å². The van der Waals surface area contributed by atoms with Crippen molar-refractivity contribution in [1.82, 2.24) is 9.38 Å². The van der Waals surface area contributed by atoms with Crippen LogP contribution in [0.25, 0.3) is 4.96 Å². The normalized spacial score (nSPS) is 10.7. The fourth-order valence-corrected chi connectivity index (χ4v) is 2.65. The smallest absolute Gasteiger partial charge is 0.373 e. The highest BCUT2D eigenvalue weighted by molar-refractivity contribution is 7.15. The van der Waals surface area contributed by atoms with Crippen LogP contribution in [0.15, 0.2) is 29.8 Å². The van der Waals surface area contributed by atoms with Crippen LogP contribution >= 0.6 is 11.3 Å². The van der Waals surface area contributed by atoms with E-state index in [2.05, 4.69) is 10.3 Å². The molecule has 2 N–H and O–H groups in total. The zero-order chi connectivity index (χ0) is 15.0. The number of anilines is 2. The molecule has 0 aliphatic heterocycles. The van der Waals surface area contributed by atoms with E-state index < -0.39 is 4.92 Å². The lowest BCUT2D eigenvalue weighted by atomic mass is 10.3. The number of fused-ring (bicyclic) bond motifs is 1. The van der Waals surface area contributed by atoms with E-state index in [1.54, 1.807) is 23.7 Å². The van der Waals surface area contributed by atoms with Crippen molar-refractivity contribution in [2.45, 2.75) is 0 Å². The Kier molecular flexibility index (Phi) is 3.10. The lowest BCUT2D eigenvalue weighted by molar-refractivity contribution is -0.389. The third-order valence-electron chi connectivity index (χ3n) is 2.85. The molecule has 0 radical (unpaired) electrons. The molecule has 0 fully saturated rings. The number of nitrogens with zero attached hydrogens (tertiary/aromatic N) is 3. The first kappa shape index (κ1) is 13.2. The number of hydrogen-bond acceptors (Lipinski definition) is 7. The number of benzene rings is 1. The Morgan fingerprint density at radius 1 is 1.52 bits per heavy atom. The third-order valence-corrected chi connectivity index (χ3v) is 3.61. The molecule has 2 aromatic heterocycles. The molecule has 0 saturated carbocycles. The first-order valence-corrected chi connectivity index (χ1v) is 6.72. The van der Waals surface area contributed by atoms with E-state index in [-0.39, 0.29) is 17.4 Å². The lowest BCUT2D eigenvalue weighted by Gasteiger charge is -2.07. The maximum absolute atomic E-state index is 11.2. The van der Waals surface area contributed by atoms with Crippen LogP contribution in [0.1, 0.15) is 0 Å². The predicted molar refractivity (Wildman–Crippen MR) is 77.7 cm³/mol. The van der Waals surface area contributed by atoms with Crippen molar-refractivity contribution in [3.8, 4) is 11.5 Å². The monoisotopic (exact) mass is 306 g/mol. The van der Waals surface area contributed by atoms with Gasteiger partial charge in [-0.15, -0.1) is 0 Å². The number of nitro groups is 1. The highest BCUT2D eigenvalue weighted by Crippen LogP contribution is 2.33. The predicted octanol–water partition coefficient (Wildman–Crippen LogP) is 2.76. The molecule has 2 heterocycles. The molecule has 0 amide bonds. The largest absolute Gasteiger partial charge is 0.504 e. The fourth-order valence-electron chi connectivity index (χ4n) is 1.94. The number of phenols is 1. The maximum Gasteiger partial charge on any atom is 0.373 e. The Morgan fingerprint density at radius 3 is 3.00 bits per heavy atom. The van der Waals surface area contributed by atoms with Gasteiger partial charge in [-0.2, -0.15) is 9.38 Å². The molecular formula is C12H10N4O4S. The molecule has 0 spiro atoms. The summed E-state index contributed by atoms with van der Waals surface area (Å²) in [6.45, 7) is 0. The average molecular weight is 306 g/mol. The van der Waals surface area contributed by atoms with Crippen molar-refractivity contribution in [2.24, 2.45) is 0 Å². The second-order valence-electron chi connectivity index (χ2n) is 4.11. The second kappa shape index (κ2) is 4.94. The summed E-state index contributed by atoms with van der Waals surface area (Å²) in [5.74, 6) is 0.227. The van der Waals surface area contributed by atoms with Gasteiger partial charge in [0.1, 0.15) is 6.20 Å². The molecule has 3 rings (SSSR count). The van der Waals surface area contributed by atoms with Crippen molar-refractivity contribution in [3.63, 3.8) is 0 Å². The van der Waals surface area contributed by atoms with Gasteiger partial charge in [0.05, 0.1) is 7.11 Å². The fraction of sp³-hybridized carbons (Fsp3) is 0.0833. The number of ether oxygens (including phenoxy) is 1. The number of aromatic hydroxyl groups is 1. The van der Waals surface area contributed by atoms with Crippen molar-refractivity contribution in [2.75, 3.05) is 12.4 Å². The van der Waals surface area contributed by atoms with Crippen LogP contribution in [0, 0.1) is 10.1 Å². The zero-order valence-electron chi connectivity index (χ0n) is 10.8. The van der Waals surface area contributed by atoms with Crippen LogP contribution in [-0.2, 0) is 0 Å². The van der Waals surface area contributed by atoms with E-state index in [0.29, 0.717) is 16.4 Å². The lowest BCUT2D eigenvalue weighted by Crippen LogP contribution is -1.98. The summed E-state index contributed by atoms with van der Waals surface area (Å²) in [5.41, 5.74) is 0.474. The minimum absolute atomic E-state index is 0.0637. The summed E-state index contributed by atoms with van der Waals surface area (Å²) < 4.78 is 6.34. The molecule has 8 nitrogen and oxygen atoms in total. The molecule has 9 heteroatoms. The molecule has 0 aliphatic carbocycles. The number of thiazole rings is 1. The van der Waals surface area contributed by atoms with E-state index in [1.165, 1.54) is 28.9 Å². The number of aromatic nitrogens is 2. The van der Waals surface area contributed by atoms with E-state index in [0.717, 1.165) is 0 Å². The SMILES string of the molecule is COc1ccc(Nc2nc3sccn3c2[N+](=O)[O-])cc1O. The van der Waals surface area contributed by atoms with Crippen LogP contribution in [0.2, 0.25) is 0 Å². The Balaban J connectivity index is 2.01. The van der Waals surface area contributed by atoms with Crippen molar-refractivity contribution >= 4 is 33.6 Å². The van der Waals surface area contributed by atoms with Crippen LogP contribution in [0.4, 0.5) is 17.3 Å². The van der Waals surface area contributed by atoms with Crippen molar-refractivity contribution in [3.05, 3.63) is 39.9 Å². The molecule has 21 heavy (non-hydrogen) atoms. The first-order valence-electron chi connectivity index (χ1n) is 5.84. The second-order valence-corrected chi connectivity index (χ2v) is 4.98. The summed E-state index contributed by atoms with van der Waals surface area (Å²) in [5, 5.41) is 25.5. The standard InChI is InChI=1S/C12H10N4O4S/c1-20-9-3-2-7(6-8(9)17)13-10-11(16(18)19)15-4-5-21-12(15)14-10/h2-6,13,17H,1H3. The number of nitrogens with one attached hydrogen (secondary N) is 1. The van der Waals surface area contributed by atoms with Gasteiger partial charge in [0.15, 0.2) is 11.5 Å². The van der Waals surface area contributed by atoms with Gasteiger partial charge in [0, 0.05) is 17.1 Å². The Morgan fingerprint density at radius 2 is 2.33 bits per heavy atom. The molecule has 1 aromatic carbocycles. The quantitative estimate of drug-likeness (QED) is 0.567. The molecule has 0 aliphatic rings. The molecule has 0 bridgehead atoms. The van der Waals surface area contributed by atoms with Gasteiger partial charge >= 0.3 is 5.82 Å². The van der Waals surface area contributed by atoms with Gasteiger partial charge in [-0.25, -0.2) is 0 Å². The third kappa shape index (κ3) is 2.23. The first-order chi connectivity index (χ1) is 10.1. The molecule has 0 unspecified atom stereocenters. The average Bonchev–Trinajstić information content (AvgIpc) is 2.98. The van der Waals surface area contributed by atoms with E-state index in [1.807, 2.05) is 0 Å². The molecule has 0 atom stereocenters. The van der Waals surface area contributed by atoms with Gasteiger partial charge in [0.25, 0.3) is 4.96 Å². The zero-order valence-corrected chi connectivity index (χ0v) is 11.6. The molecule has 3 aromatic rings. The number of imidazole rings is 1. The molecular weight excluding hydrogens is 296 g/mol. The Hall–Kier alpha value is -2.81. The molecule has 108 valence electrons. The minimum Gasteiger partial charge on any atom is -0.504 e. The summed E-state index contributed by atoms with van der Waals surface area (Å²) in [7, 11) is 1.44. The summed E-state index contributed by atoms with van der Waals surface area (Å²) >= 11 is 1.30. The highest BCUT2D eigenvalue weighted by Gasteiger charge is 2.23. The summed E-state index contributed by atoms with van der Waals surface area (Å²) in [6, 6.07) is 4.60. The number of rotatable bonds is 4. The number of methoxy groups -OCH3 is 1. The van der Waals surface area contributed by atoms with Crippen LogP contribution < -0.4 is 10.1 Å². The van der Waals surface area contributed by atoms with Crippen LogP contribution in [0.3, 0.4) is 0 Å². The van der Waals surface area contributed by atoms with E-state index in [9.17, 15) is 15.2 Å². The van der Waals surface area contributed by atoms with Gasteiger partial charge < -0.3 is 25.3 Å². The maximum atomic E-state index is 11.2. The van der Waals surface area contributed by atoms with E-state index >= 15 is 0 Å². The topological polar surface area (TPSA) is 102 Å². The van der Waals surface area contributed by atoms with Crippen molar-refractivity contribution in [1.29, 1.82) is 0 Å². The summed E-state index contributed by atoms with van der Waals surface area (Å²) in [6.07, 6.45) is 1.59. The summed E-state index contributed by atoms with van der Waals surface area (Å²) in [4.78, 5) is 15.4. The Bertz CT molecular complexity index is 826. The van der Waals surface area contributed by atoms with Gasteiger partial charge in [0.2, 0.25) is 5.82 Å². The number of phenolic OH excluding ortho intramolecular Hbond substituents is 1. The Labute approximate surface area is 122 Å². The molecule has 0 saturated heterocycles. The van der Waals surface area contributed by atoms with Gasteiger partial charge in [-0.3, -0.25) is 0 Å². The van der Waals surface area contributed by atoms with Crippen LogP contribution in [-0.4, -0.2) is 26.5 Å². The van der Waals surface area contributed by atoms with Crippen molar-refractivity contribution < 1.29 is 14.8 Å². The van der Waals surface area contributed by atoms with Crippen LogP contribution in [0.5, 0.6) is 11.5 Å². The number of hydrogen-bond donors (Lipinski definition) is 2. The highest BCUT2D eigenvalue weighted by atomic mass is 32.1. The van der Waals surface area contributed by atoms with E-state index in [4.69, 9.17) is 4.74 Å².